The van der Waals surface area contributed by atoms with Crippen molar-refractivity contribution in [2.45, 2.75) is 53.5 Å². The fourth-order valence-corrected chi connectivity index (χ4v) is 2.58. The smallest absolute Gasteiger partial charge is 0.255 e. The molecule has 1 amide bonds. The first-order valence-electron chi connectivity index (χ1n) is 7.24. The molecule has 2 aromatic rings. The van der Waals surface area contributed by atoms with E-state index in [1.165, 1.54) is 0 Å². The Morgan fingerprint density at radius 3 is 2.48 bits per heavy atom. The average Bonchev–Trinajstić information content (AvgIpc) is 2.92. The first kappa shape index (κ1) is 15.4. The Labute approximate surface area is 125 Å². The first-order chi connectivity index (χ1) is 9.81. The number of rotatable bonds is 4. The Bertz CT molecular complexity index is 653. The van der Waals surface area contributed by atoms with E-state index in [2.05, 4.69) is 15.5 Å². The minimum Gasteiger partial charge on any atom is -0.466 e. The lowest BCUT2D eigenvalue weighted by molar-refractivity contribution is 0.0938. The molecule has 0 bridgehead atoms. The van der Waals surface area contributed by atoms with Crippen molar-refractivity contribution in [3.05, 3.63) is 40.1 Å². The zero-order valence-electron chi connectivity index (χ0n) is 13.5. The van der Waals surface area contributed by atoms with Gasteiger partial charge in [0.05, 0.1) is 17.3 Å². The molecule has 0 fully saturated rings. The third-order valence-corrected chi connectivity index (χ3v) is 3.64. The van der Waals surface area contributed by atoms with Gasteiger partial charge in [0.15, 0.2) is 0 Å². The summed E-state index contributed by atoms with van der Waals surface area (Å²) in [7, 11) is 0. The minimum atomic E-state index is -0.107. The van der Waals surface area contributed by atoms with Gasteiger partial charge in [-0.3, -0.25) is 9.89 Å². The van der Waals surface area contributed by atoms with Crippen LogP contribution in [0.5, 0.6) is 0 Å². The molecule has 0 aliphatic rings. The van der Waals surface area contributed by atoms with Crippen molar-refractivity contribution in [2.75, 3.05) is 0 Å². The van der Waals surface area contributed by atoms with Crippen LogP contribution in [0.25, 0.3) is 0 Å². The number of nitrogens with zero attached hydrogens (tertiary/aromatic N) is 1. The average molecular weight is 289 g/mol. The normalized spacial score (nSPS) is 12.7. The summed E-state index contributed by atoms with van der Waals surface area (Å²) in [6, 6.07) is 1.86. The zero-order chi connectivity index (χ0) is 15.7. The van der Waals surface area contributed by atoms with Gasteiger partial charge in [0, 0.05) is 11.3 Å². The van der Waals surface area contributed by atoms with E-state index in [0.29, 0.717) is 5.56 Å². The molecular formula is C16H23N3O2. The lowest BCUT2D eigenvalue weighted by Crippen LogP contribution is -2.28. The van der Waals surface area contributed by atoms with Crippen LogP contribution >= 0.6 is 0 Å². The summed E-state index contributed by atoms with van der Waals surface area (Å²) in [5.74, 6) is 1.79. The van der Waals surface area contributed by atoms with Crippen molar-refractivity contribution < 1.29 is 9.21 Å². The standard InChI is InChI=1S/C16H23N3O2/c1-8(2)15-14(11(5)18-19-15)16(20)17-10(4)13-7-9(3)21-12(13)6/h7-8,10H,1-6H3,(H,17,20)(H,18,19). The van der Waals surface area contributed by atoms with Crippen molar-refractivity contribution in [1.29, 1.82) is 0 Å². The van der Waals surface area contributed by atoms with Gasteiger partial charge in [0.1, 0.15) is 11.5 Å². The Hall–Kier alpha value is -2.04. The summed E-state index contributed by atoms with van der Waals surface area (Å²) >= 11 is 0. The number of aryl methyl sites for hydroxylation is 3. The number of nitrogens with one attached hydrogen (secondary N) is 2. The highest BCUT2D eigenvalue weighted by atomic mass is 16.3. The Morgan fingerprint density at radius 2 is 1.95 bits per heavy atom. The highest BCUT2D eigenvalue weighted by Crippen LogP contribution is 2.23. The number of aromatic amines is 1. The molecule has 2 rings (SSSR count). The number of H-pyrrole nitrogens is 1. The molecule has 0 aromatic carbocycles. The Morgan fingerprint density at radius 1 is 1.29 bits per heavy atom. The highest BCUT2D eigenvalue weighted by Gasteiger charge is 2.22. The van der Waals surface area contributed by atoms with Crippen LogP contribution in [0.2, 0.25) is 0 Å². The summed E-state index contributed by atoms with van der Waals surface area (Å²) in [5, 5.41) is 10.2. The molecule has 2 aromatic heterocycles. The van der Waals surface area contributed by atoms with Crippen LogP contribution < -0.4 is 5.32 Å². The molecule has 5 heteroatoms. The van der Waals surface area contributed by atoms with Crippen molar-refractivity contribution in [3.63, 3.8) is 0 Å². The number of carbonyl (C=O) groups excluding carboxylic acids is 1. The Balaban J connectivity index is 2.22. The molecule has 1 unspecified atom stereocenters. The molecular weight excluding hydrogens is 266 g/mol. The molecule has 0 spiro atoms. The third-order valence-electron chi connectivity index (χ3n) is 3.64. The maximum atomic E-state index is 12.6. The summed E-state index contributed by atoms with van der Waals surface area (Å²) in [4.78, 5) is 12.6. The highest BCUT2D eigenvalue weighted by molar-refractivity contribution is 5.96. The predicted octanol–water partition coefficient (Wildman–Crippen LogP) is 3.54. The van der Waals surface area contributed by atoms with E-state index in [-0.39, 0.29) is 17.9 Å². The summed E-state index contributed by atoms with van der Waals surface area (Å²) in [6.07, 6.45) is 0. The van der Waals surface area contributed by atoms with E-state index >= 15 is 0 Å². The van der Waals surface area contributed by atoms with Crippen LogP contribution in [0.3, 0.4) is 0 Å². The quantitative estimate of drug-likeness (QED) is 0.904. The van der Waals surface area contributed by atoms with Gasteiger partial charge in [-0.2, -0.15) is 5.10 Å². The van der Waals surface area contributed by atoms with Gasteiger partial charge in [-0.1, -0.05) is 13.8 Å². The fourth-order valence-electron chi connectivity index (χ4n) is 2.58. The van der Waals surface area contributed by atoms with Crippen molar-refractivity contribution in [1.82, 2.24) is 15.5 Å². The number of furan rings is 1. The number of carbonyl (C=O) groups is 1. The van der Waals surface area contributed by atoms with Crippen LogP contribution in [-0.2, 0) is 0 Å². The summed E-state index contributed by atoms with van der Waals surface area (Å²) in [5.41, 5.74) is 3.25. The number of aromatic nitrogens is 2. The van der Waals surface area contributed by atoms with Gasteiger partial charge in [-0.15, -0.1) is 0 Å². The molecule has 0 saturated carbocycles. The van der Waals surface area contributed by atoms with E-state index in [0.717, 1.165) is 28.5 Å². The van der Waals surface area contributed by atoms with Gasteiger partial charge < -0.3 is 9.73 Å². The third kappa shape index (κ3) is 3.01. The van der Waals surface area contributed by atoms with Crippen LogP contribution in [0, 0.1) is 20.8 Å². The SMILES string of the molecule is Cc1cc(C(C)NC(=O)c2c(C(C)C)n[nH]c2C)c(C)o1. The molecule has 1 atom stereocenters. The maximum absolute atomic E-state index is 12.6. The van der Waals surface area contributed by atoms with Crippen molar-refractivity contribution in [3.8, 4) is 0 Å². The van der Waals surface area contributed by atoms with E-state index in [9.17, 15) is 4.79 Å². The largest absolute Gasteiger partial charge is 0.466 e. The molecule has 0 aliphatic heterocycles. The molecule has 0 saturated heterocycles. The van der Waals surface area contributed by atoms with Crippen molar-refractivity contribution >= 4 is 5.91 Å². The van der Waals surface area contributed by atoms with Gasteiger partial charge in [0.25, 0.3) is 5.91 Å². The van der Waals surface area contributed by atoms with Gasteiger partial charge >= 0.3 is 0 Å². The summed E-state index contributed by atoms with van der Waals surface area (Å²) in [6.45, 7) is 11.7. The molecule has 21 heavy (non-hydrogen) atoms. The van der Waals surface area contributed by atoms with E-state index in [1.807, 2.05) is 47.6 Å². The second kappa shape index (κ2) is 5.76. The molecule has 114 valence electrons. The predicted molar refractivity (Wildman–Crippen MR) is 81.5 cm³/mol. The lowest BCUT2D eigenvalue weighted by Gasteiger charge is -2.14. The molecule has 5 nitrogen and oxygen atoms in total. The maximum Gasteiger partial charge on any atom is 0.255 e. The van der Waals surface area contributed by atoms with Crippen molar-refractivity contribution in [2.24, 2.45) is 0 Å². The minimum absolute atomic E-state index is 0.101. The van der Waals surface area contributed by atoms with Crippen LogP contribution in [0.4, 0.5) is 0 Å². The van der Waals surface area contributed by atoms with Crippen LogP contribution in [0.15, 0.2) is 10.5 Å². The number of hydrogen-bond donors (Lipinski definition) is 2. The fraction of sp³-hybridized carbons (Fsp3) is 0.500. The molecule has 0 radical (unpaired) electrons. The van der Waals surface area contributed by atoms with Crippen LogP contribution in [0.1, 0.15) is 71.6 Å². The van der Waals surface area contributed by atoms with Gasteiger partial charge in [-0.05, 0) is 39.7 Å². The molecule has 0 aliphatic carbocycles. The van der Waals surface area contributed by atoms with Gasteiger partial charge in [-0.25, -0.2) is 0 Å². The second-order valence-electron chi connectivity index (χ2n) is 5.83. The summed E-state index contributed by atoms with van der Waals surface area (Å²) < 4.78 is 5.52. The molecule has 2 N–H and O–H groups in total. The van der Waals surface area contributed by atoms with Gasteiger partial charge in [0.2, 0.25) is 0 Å². The lowest BCUT2D eigenvalue weighted by atomic mass is 10.0. The topological polar surface area (TPSA) is 70.9 Å². The number of hydrogen-bond acceptors (Lipinski definition) is 3. The monoisotopic (exact) mass is 289 g/mol. The second-order valence-corrected chi connectivity index (χ2v) is 5.83. The first-order valence-corrected chi connectivity index (χ1v) is 7.24. The van der Waals surface area contributed by atoms with E-state index in [1.54, 1.807) is 0 Å². The van der Waals surface area contributed by atoms with E-state index < -0.39 is 0 Å². The number of amides is 1. The van der Waals surface area contributed by atoms with E-state index in [4.69, 9.17) is 4.42 Å². The molecule has 2 heterocycles. The zero-order valence-corrected chi connectivity index (χ0v) is 13.5. The van der Waals surface area contributed by atoms with Crippen LogP contribution in [-0.4, -0.2) is 16.1 Å². The Kier molecular flexibility index (Phi) is 4.21.